The van der Waals surface area contributed by atoms with Crippen molar-refractivity contribution in [2.45, 2.75) is 32.9 Å². The molecule has 2 rings (SSSR count). The maximum atomic E-state index is 13.9. The second-order valence-electron chi connectivity index (χ2n) is 4.96. The molecular formula is C15H20FN3O. The van der Waals surface area contributed by atoms with Crippen molar-refractivity contribution in [3.63, 3.8) is 0 Å². The van der Waals surface area contributed by atoms with Crippen molar-refractivity contribution in [2.75, 3.05) is 6.61 Å². The minimum atomic E-state index is -0.342. The van der Waals surface area contributed by atoms with Crippen LogP contribution in [0.1, 0.15) is 18.3 Å². The van der Waals surface area contributed by atoms with Crippen LogP contribution in [0.15, 0.2) is 30.6 Å². The summed E-state index contributed by atoms with van der Waals surface area (Å²) in [6.07, 6.45) is 4.27. The molecule has 1 unspecified atom stereocenters. The molecule has 0 bridgehead atoms. The number of aryl methyl sites for hydroxylation is 1. The van der Waals surface area contributed by atoms with Gasteiger partial charge in [-0.15, -0.1) is 0 Å². The van der Waals surface area contributed by atoms with Gasteiger partial charge in [0.1, 0.15) is 12.4 Å². The highest BCUT2D eigenvalue weighted by Crippen LogP contribution is 2.19. The molecule has 5 heteroatoms. The molecule has 0 aliphatic carbocycles. The topological polar surface area (TPSA) is 53.1 Å². The summed E-state index contributed by atoms with van der Waals surface area (Å²) in [5.74, 6) is 0.850. The van der Waals surface area contributed by atoms with Gasteiger partial charge in [0.25, 0.3) is 0 Å². The van der Waals surface area contributed by atoms with Gasteiger partial charge >= 0.3 is 0 Å². The Morgan fingerprint density at radius 2 is 2.25 bits per heavy atom. The Balaban J connectivity index is 1.91. The molecule has 0 aliphatic rings. The Labute approximate surface area is 118 Å². The first-order valence-corrected chi connectivity index (χ1v) is 6.71. The van der Waals surface area contributed by atoms with Crippen LogP contribution in [0, 0.1) is 12.7 Å². The van der Waals surface area contributed by atoms with Crippen LogP contribution in [-0.4, -0.2) is 22.2 Å². The van der Waals surface area contributed by atoms with Gasteiger partial charge in [-0.2, -0.15) is 0 Å². The number of rotatable bonds is 6. The number of nitrogens with two attached hydrogens (primary N) is 1. The van der Waals surface area contributed by atoms with Gasteiger partial charge in [0.05, 0.1) is 6.54 Å². The standard InChI is InChI=1S/C15H20FN3O/c1-11(17)9-13-3-4-15(14(16)10-13)20-8-7-19-6-5-18-12(19)2/h3-6,10-11H,7-9,17H2,1-2H3. The third kappa shape index (κ3) is 3.81. The summed E-state index contributed by atoms with van der Waals surface area (Å²) in [4.78, 5) is 4.12. The Morgan fingerprint density at radius 1 is 1.45 bits per heavy atom. The summed E-state index contributed by atoms with van der Waals surface area (Å²) < 4.78 is 21.3. The van der Waals surface area contributed by atoms with Crippen molar-refractivity contribution in [1.29, 1.82) is 0 Å². The lowest BCUT2D eigenvalue weighted by Gasteiger charge is -2.11. The molecule has 1 atom stereocenters. The van der Waals surface area contributed by atoms with Crippen LogP contribution >= 0.6 is 0 Å². The number of halogens is 1. The lowest BCUT2D eigenvalue weighted by atomic mass is 10.1. The minimum Gasteiger partial charge on any atom is -0.489 e. The highest BCUT2D eigenvalue weighted by Gasteiger charge is 2.06. The molecule has 0 amide bonds. The summed E-state index contributed by atoms with van der Waals surface area (Å²) in [6.45, 7) is 4.87. The van der Waals surface area contributed by atoms with Crippen LogP contribution in [0.2, 0.25) is 0 Å². The predicted octanol–water partition coefficient (Wildman–Crippen LogP) is 2.30. The van der Waals surface area contributed by atoms with E-state index in [0.29, 0.717) is 19.6 Å². The number of hydrogen-bond acceptors (Lipinski definition) is 3. The molecule has 0 aliphatic heterocycles. The van der Waals surface area contributed by atoms with E-state index in [2.05, 4.69) is 4.98 Å². The SMILES string of the molecule is Cc1nccn1CCOc1ccc(CC(C)N)cc1F. The molecule has 0 spiro atoms. The van der Waals surface area contributed by atoms with E-state index in [9.17, 15) is 4.39 Å². The smallest absolute Gasteiger partial charge is 0.165 e. The van der Waals surface area contributed by atoms with Crippen LogP contribution in [0.4, 0.5) is 4.39 Å². The molecule has 1 heterocycles. The van der Waals surface area contributed by atoms with Gasteiger partial charge in [-0.25, -0.2) is 9.37 Å². The van der Waals surface area contributed by atoms with Gasteiger partial charge in [0.15, 0.2) is 11.6 Å². The van der Waals surface area contributed by atoms with Crippen LogP contribution in [0.3, 0.4) is 0 Å². The maximum Gasteiger partial charge on any atom is 0.165 e. The van der Waals surface area contributed by atoms with E-state index < -0.39 is 0 Å². The second-order valence-corrected chi connectivity index (χ2v) is 4.96. The van der Waals surface area contributed by atoms with Crippen LogP contribution < -0.4 is 10.5 Å². The van der Waals surface area contributed by atoms with Gasteiger partial charge in [-0.1, -0.05) is 6.07 Å². The molecule has 4 nitrogen and oxygen atoms in total. The van der Waals surface area contributed by atoms with Gasteiger partial charge in [0.2, 0.25) is 0 Å². The first-order chi connectivity index (χ1) is 9.56. The zero-order chi connectivity index (χ0) is 14.5. The zero-order valence-electron chi connectivity index (χ0n) is 11.8. The number of ether oxygens (including phenoxy) is 1. The Bertz CT molecular complexity index is 566. The van der Waals surface area contributed by atoms with Crippen molar-refractivity contribution in [3.05, 3.63) is 47.8 Å². The molecule has 20 heavy (non-hydrogen) atoms. The number of aromatic nitrogens is 2. The average Bonchev–Trinajstić information content (AvgIpc) is 2.77. The molecule has 0 saturated heterocycles. The summed E-state index contributed by atoms with van der Waals surface area (Å²) in [7, 11) is 0. The first-order valence-electron chi connectivity index (χ1n) is 6.71. The fourth-order valence-corrected chi connectivity index (χ4v) is 2.05. The minimum absolute atomic E-state index is 0.0189. The molecule has 0 fully saturated rings. The van der Waals surface area contributed by atoms with E-state index in [0.717, 1.165) is 11.4 Å². The van der Waals surface area contributed by atoms with Crippen LogP contribution in [0.25, 0.3) is 0 Å². The third-order valence-electron chi connectivity index (χ3n) is 3.07. The van der Waals surface area contributed by atoms with Gasteiger partial charge in [0, 0.05) is 18.4 Å². The molecule has 1 aromatic heterocycles. The predicted molar refractivity (Wildman–Crippen MR) is 76.2 cm³/mol. The summed E-state index contributed by atoms with van der Waals surface area (Å²) in [5.41, 5.74) is 6.58. The largest absolute Gasteiger partial charge is 0.489 e. The highest BCUT2D eigenvalue weighted by atomic mass is 19.1. The lowest BCUT2D eigenvalue weighted by molar-refractivity contribution is 0.283. The van der Waals surface area contributed by atoms with Crippen LogP contribution in [0.5, 0.6) is 5.75 Å². The van der Waals surface area contributed by atoms with Crippen molar-refractivity contribution in [1.82, 2.24) is 9.55 Å². The van der Waals surface area contributed by atoms with Crippen molar-refractivity contribution < 1.29 is 9.13 Å². The zero-order valence-corrected chi connectivity index (χ0v) is 11.8. The van der Waals surface area contributed by atoms with Gasteiger partial charge in [-0.05, 0) is 38.0 Å². The van der Waals surface area contributed by atoms with E-state index in [1.165, 1.54) is 6.07 Å². The fraction of sp³-hybridized carbons (Fsp3) is 0.400. The number of benzene rings is 1. The van der Waals surface area contributed by atoms with E-state index >= 15 is 0 Å². The van der Waals surface area contributed by atoms with Crippen molar-refractivity contribution in [3.8, 4) is 5.75 Å². The van der Waals surface area contributed by atoms with Crippen molar-refractivity contribution >= 4 is 0 Å². The number of hydrogen-bond donors (Lipinski definition) is 1. The normalized spacial score (nSPS) is 12.4. The lowest BCUT2D eigenvalue weighted by Crippen LogP contribution is -2.17. The average molecular weight is 277 g/mol. The molecule has 2 N–H and O–H groups in total. The summed E-state index contributed by atoms with van der Waals surface area (Å²) >= 11 is 0. The van der Waals surface area contributed by atoms with E-state index in [4.69, 9.17) is 10.5 Å². The number of nitrogens with zero attached hydrogens (tertiary/aromatic N) is 2. The quantitative estimate of drug-likeness (QED) is 0.881. The van der Waals surface area contributed by atoms with Crippen molar-refractivity contribution in [2.24, 2.45) is 5.73 Å². The Morgan fingerprint density at radius 3 is 2.85 bits per heavy atom. The maximum absolute atomic E-state index is 13.9. The fourth-order valence-electron chi connectivity index (χ4n) is 2.05. The Kier molecular flexibility index (Phi) is 4.74. The molecule has 1 aromatic carbocycles. The van der Waals surface area contributed by atoms with E-state index in [1.54, 1.807) is 12.3 Å². The first kappa shape index (κ1) is 14.5. The molecule has 2 aromatic rings. The van der Waals surface area contributed by atoms with Crippen LogP contribution in [-0.2, 0) is 13.0 Å². The monoisotopic (exact) mass is 277 g/mol. The second kappa shape index (κ2) is 6.52. The van der Waals surface area contributed by atoms with E-state index in [1.807, 2.05) is 30.7 Å². The summed E-state index contributed by atoms with van der Waals surface area (Å²) in [6, 6.07) is 5.02. The van der Waals surface area contributed by atoms with Gasteiger partial charge < -0.3 is 15.0 Å². The highest BCUT2D eigenvalue weighted by molar-refractivity contribution is 5.29. The third-order valence-corrected chi connectivity index (χ3v) is 3.07. The summed E-state index contributed by atoms with van der Waals surface area (Å²) in [5, 5.41) is 0. The molecular weight excluding hydrogens is 257 g/mol. The van der Waals surface area contributed by atoms with E-state index in [-0.39, 0.29) is 17.6 Å². The number of imidazole rings is 1. The van der Waals surface area contributed by atoms with Gasteiger partial charge in [-0.3, -0.25) is 0 Å². The molecule has 0 saturated carbocycles. The molecule has 0 radical (unpaired) electrons. The molecule has 108 valence electrons. The Hall–Kier alpha value is -1.88.